The van der Waals surface area contributed by atoms with Crippen molar-refractivity contribution >= 4 is 5.91 Å². The van der Waals surface area contributed by atoms with E-state index in [1.165, 1.54) is 12.8 Å². The van der Waals surface area contributed by atoms with E-state index < -0.39 is 0 Å². The molecule has 4 nitrogen and oxygen atoms in total. The third-order valence-corrected chi connectivity index (χ3v) is 3.39. The van der Waals surface area contributed by atoms with E-state index in [4.69, 9.17) is 0 Å². The van der Waals surface area contributed by atoms with Crippen LogP contribution in [0.1, 0.15) is 25.0 Å². The van der Waals surface area contributed by atoms with Crippen LogP contribution in [0.4, 0.5) is 0 Å². The van der Waals surface area contributed by atoms with E-state index in [0.29, 0.717) is 12.6 Å². The van der Waals surface area contributed by atoms with Crippen molar-refractivity contribution in [2.24, 2.45) is 0 Å². The molecule has 0 spiro atoms. The van der Waals surface area contributed by atoms with Crippen molar-refractivity contribution in [2.75, 3.05) is 6.54 Å². The summed E-state index contributed by atoms with van der Waals surface area (Å²) in [5, 5.41) is 3.41. The molecule has 3 rings (SSSR count). The quantitative estimate of drug-likeness (QED) is 0.838. The highest BCUT2D eigenvalue weighted by molar-refractivity contribution is 5.84. The molecule has 2 heterocycles. The minimum absolute atomic E-state index is 0.0474. The van der Waals surface area contributed by atoms with Crippen LogP contribution < -0.4 is 5.32 Å². The predicted molar refractivity (Wildman–Crippen MR) is 64.2 cm³/mol. The van der Waals surface area contributed by atoms with Crippen molar-refractivity contribution < 1.29 is 4.79 Å². The zero-order chi connectivity index (χ0) is 11.7. The molecular formula is C13H17N3O. The van der Waals surface area contributed by atoms with Gasteiger partial charge in [-0.15, -0.1) is 0 Å². The molecule has 17 heavy (non-hydrogen) atoms. The molecule has 2 fully saturated rings. The molecule has 1 saturated carbocycles. The Bertz CT molecular complexity index is 402. The predicted octanol–water partition coefficient (Wildman–Crippen LogP) is 0.934. The molecule has 90 valence electrons. The fourth-order valence-corrected chi connectivity index (χ4v) is 2.27. The first kappa shape index (κ1) is 10.7. The third kappa shape index (κ3) is 2.47. The number of aromatic nitrogens is 1. The number of likely N-dealkylation sites (tertiary alicyclic amines) is 1. The van der Waals surface area contributed by atoms with Crippen LogP contribution in [-0.2, 0) is 11.3 Å². The standard InChI is InChI=1S/C13H17N3O/c17-13-12(15-10-4-5-10)6-8-16(13)9-11-3-1-2-7-14-11/h1-3,7,10,12,15H,4-6,8-9H2. The lowest BCUT2D eigenvalue weighted by molar-refractivity contribution is -0.130. The van der Waals surface area contributed by atoms with Gasteiger partial charge in [-0.2, -0.15) is 0 Å². The molecule has 1 atom stereocenters. The topological polar surface area (TPSA) is 45.2 Å². The van der Waals surface area contributed by atoms with E-state index in [1.807, 2.05) is 23.1 Å². The molecule has 0 aromatic carbocycles. The summed E-state index contributed by atoms with van der Waals surface area (Å²) in [6.07, 6.45) is 5.16. The van der Waals surface area contributed by atoms with Crippen LogP contribution in [0.3, 0.4) is 0 Å². The van der Waals surface area contributed by atoms with Gasteiger partial charge in [0.05, 0.1) is 18.3 Å². The van der Waals surface area contributed by atoms with Gasteiger partial charge in [-0.05, 0) is 31.4 Å². The fourth-order valence-electron chi connectivity index (χ4n) is 2.27. The van der Waals surface area contributed by atoms with E-state index >= 15 is 0 Å². The first-order chi connectivity index (χ1) is 8.33. The van der Waals surface area contributed by atoms with Gasteiger partial charge in [0.1, 0.15) is 0 Å². The Hall–Kier alpha value is -1.42. The van der Waals surface area contributed by atoms with Gasteiger partial charge in [-0.1, -0.05) is 6.07 Å². The lowest BCUT2D eigenvalue weighted by Crippen LogP contribution is -2.39. The van der Waals surface area contributed by atoms with Gasteiger partial charge in [0, 0.05) is 18.8 Å². The molecule has 1 aromatic heterocycles. The highest BCUT2D eigenvalue weighted by Crippen LogP contribution is 2.23. The van der Waals surface area contributed by atoms with E-state index in [9.17, 15) is 4.79 Å². The second-order valence-electron chi connectivity index (χ2n) is 4.86. The third-order valence-electron chi connectivity index (χ3n) is 3.39. The number of hydrogen-bond acceptors (Lipinski definition) is 3. The van der Waals surface area contributed by atoms with Gasteiger partial charge in [-0.25, -0.2) is 0 Å². The van der Waals surface area contributed by atoms with Crippen molar-refractivity contribution in [2.45, 2.75) is 37.9 Å². The van der Waals surface area contributed by atoms with Crippen LogP contribution in [0.5, 0.6) is 0 Å². The smallest absolute Gasteiger partial charge is 0.240 e. The average Bonchev–Trinajstić information content (AvgIpc) is 3.11. The fraction of sp³-hybridized carbons (Fsp3) is 0.538. The van der Waals surface area contributed by atoms with E-state index in [0.717, 1.165) is 18.7 Å². The number of rotatable bonds is 4. The van der Waals surface area contributed by atoms with Crippen molar-refractivity contribution in [3.8, 4) is 0 Å². The highest BCUT2D eigenvalue weighted by Gasteiger charge is 2.35. The second-order valence-corrected chi connectivity index (χ2v) is 4.86. The molecule has 1 N–H and O–H groups in total. The summed E-state index contributed by atoms with van der Waals surface area (Å²) in [6.45, 7) is 1.49. The van der Waals surface area contributed by atoms with E-state index in [2.05, 4.69) is 10.3 Å². The zero-order valence-corrected chi connectivity index (χ0v) is 9.80. The van der Waals surface area contributed by atoms with Crippen LogP contribution in [0.2, 0.25) is 0 Å². The number of nitrogens with zero attached hydrogens (tertiary/aromatic N) is 2. The summed E-state index contributed by atoms with van der Waals surface area (Å²) in [5.41, 5.74) is 0.966. The summed E-state index contributed by atoms with van der Waals surface area (Å²) < 4.78 is 0. The van der Waals surface area contributed by atoms with Crippen molar-refractivity contribution in [3.63, 3.8) is 0 Å². The first-order valence-electron chi connectivity index (χ1n) is 6.27. The van der Waals surface area contributed by atoms with E-state index in [-0.39, 0.29) is 11.9 Å². The Kier molecular flexibility index (Phi) is 2.81. The molecule has 1 aliphatic heterocycles. The second kappa shape index (κ2) is 4.45. The molecule has 2 aliphatic rings. The monoisotopic (exact) mass is 231 g/mol. The molecule has 1 saturated heterocycles. The number of hydrogen-bond donors (Lipinski definition) is 1. The molecule has 1 aromatic rings. The molecule has 1 aliphatic carbocycles. The summed E-state index contributed by atoms with van der Waals surface area (Å²) in [6, 6.07) is 6.47. The summed E-state index contributed by atoms with van der Waals surface area (Å²) in [5.74, 6) is 0.238. The summed E-state index contributed by atoms with van der Waals surface area (Å²) in [4.78, 5) is 18.3. The Labute approximate surface area is 101 Å². The van der Waals surface area contributed by atoms with Crippen molar-refractivity contribution in [1.82, 2.24) is 15.2 Å². The van der Waals surface area contributed by atoms with Crippen molar-refractivity contribution in [1.29, 1.82) is 0 Å². The Morgan fingerprint density at radius 2 is 2.24 bits per heavy atom. The number of amides is 1. The largest absolute Gasteiger partial charge is 0.335 e. The summed E-state index contributed by atoms with van der Waals surface area (Å²) >= 11 is 0. The molecule has 4 heteroatoms. The average molecular weight is 231 g/mol. The highest BCUT2D eigenvalue weighted by atomic mass is 16.2. The maximum Gasteiger partial charge on any atom is 0.240 e. The SMILES string of the molecule is O=C1C(NC2CC2)CCN1Cc1ccccn1. The van der Waals surface area contributed by atoms with Crippen molar-refractivity contribution in [3.05, 3.63) is 30.1 Å². The minimum Gasteiger partial charge on any atom is -0.335 e. The lowest BCUT2D eigenvalue weighted by Gasteiger charge is -2.16. The molecule has 1 amide bonds. The molecule has 0 radical (unpaired) electrons. The molecule has 0 bridgehead atoms. The first-order valence-corrected chi connectivity index (χ1v) is 6.27. The summed E-state index contributed by atoms with van der Waals surface area (Å²) in [7, 11) is 0. The van der Waals surface area contributed by atoms with Crippen LogP contribution in [-0.4, -0.2) is 34.4 Å². The number of pyridine rings is 1. The number of carbonyl (C=O) groups excluding carboxylic acids is 1. The number of nitrogens with one attached hydrogen (secondary N) is 1. The van der Waals surface area contributed by atoms with Gasteiger partial charge in [0.2, 0.25) is 5.91 Å². The Balaban J connectivity index is 1.59. The van der Waals surface area contributed by atoms with Gasteiger partial charge in [0.15, 0.2) is 0 Å². The van der Waals surface area contributed by atoms with Gasteiger partial charge < -0.3 is 10.2 Å². The molecular weight excluding hydrogens is 214 g/mol. The maximum absolute atomic E-state index is 12.1. The number of carbonyl (C=O) groups is 1. The molecule has 1 unspecified atom stereocenters. The van der Waals surface area contributed by atoms with Crippen LogP contribution in [0.15, 0.2) is 24.4 Å². The lowest BCUT2D eigenvalue weighted by atomic mass is 10.2. The minimum atomic E-state index is 0.0474. The maximum atomic E-state index is 12.1. The van der Waals surface area contributed by atoms with Gasteiger partial charge in [0.25, 0.3) is 0 Å². The Morgan fingerprint density at radius 1 is 1.35 bits per heavy atom. The van der Waals surface area contributed by atoms with Crippen LogP contribution in [0.25, 0.3) is 0 Å². The van der Waals surface area contributed by atoms with Crippen LogP contribution in [0, 0.1) is 0 Å². The van der Waals surface area contributed by atoms with Crippen LogP contribution >= 0.6 is 0 Å². The Morgan fingerprint density at radius 3 is 2.94 bits per heavy atom. The van der Waals surface area contributed by atoms with E-state index in [1.54, 1.807) is 6.20 Å². The normalized spacial score (nSPS) is 24.4. The van der Waals surface area contributed by atoms with Gasteiger partial charge >= 0.3 is 0 Å². The van der Waals surface area contributed by atoms with Gasteiger partial charge in [-0.3, -0.25) is 9.78 Å². The zero-order valence-electron chi connectivity index (χ0n) is 9.80.